The Bertz CT molecular complexity index is 596. The molecular weight excluding hydrogens is 242 g/mol. The van der Waals surface area contributed by atoms with E-state index in [-0.39, 0.29) is 0 Å². The first-order valence-electron chi connectivity index (χ1n) is 7.10. The summed E-state index contributed by atoms with van der Waals surface area (Å²) in [5, 5.41) is 0. The fourth-order valence-electron chi connectivity index (χ4n) is 3.33. The quantitative estimate of drug-likeness (QED) is 0.786. The fraction of sp³-hybridized carbons (Fsp3) is 0.643. The Balaban J connectivity index is 1.89. The van der Waals surface area contributed by atoms with Gasteiger partial charge in [-0.05, 0) is 32.2 Å². The number of imidazole rings is 1. The molecule has 0 saturated heterocycles. The molecule has 0 bridgehead atoms. The van der Waals surface area contributed by atoms with Gasteiger partial charge in [0, 0.05) is 30.1 Å². The highest BCUT2D eigenvalue weighted by Crippen LogP contribution is 2.33. The van der Waals surface area contributed by atoms with Crippen molar-refractivity contribution in [2.45, 2.75) is 45.6 Å². The van der Waals surface area contributed by atoms with E-state index in [2.05, 4.69) is 16.2 Å². The van der Waals surface area contributed by atoms with Crippen LogP contribution in [0, 0.1) is 0 Å². The molecule has 0 amide bonds. The highest BCUT2D eigenvalue weighted by atomic mass is 32.1. The van der Waals surface area contributed by atoms with Gasteiger partial charge in [0.15, 0.2) is 4.96 Å². The molecule has 3 nitrogen and oxygen atoms in total. The Morgan fingerprint density at radius 1 is 1.17 bits per heavy atom. The molecule has 1 aliphatic heterocycles. The number of aromatic nitrogens is 2. The van der Waals surface area contributed by atoms with Crippen LogP contribution in [0.5, 0.6) is 0 Å². The first-order valence-corrected chi connectivity index (χ1v) is 7.91. The van der Waals surface area contributed by atoms with E-state index in [4.69, 9.17) is 4.98 Å². The molecule has 0 saturated carbocycles. The van der Waals surface area contributed by atoms with Crippen LogP contribution in [0.25, 0.3) is 4.96 Å². The summed E-state index contributed by atoms with van der Waals surface area (Å²) in [6.45, 7) is 5.68. The zero-order chi connectivity index (χ0) is 12.1. The molecule has 1 aliphatic carbocycles. The summed E-state index contributed by atoms with van der Waals surface area (Å²) in [5.41, 5.74) is 4.42. The zero-order valence-corrected chi connectivity index (χ0v) is 11.7. The van der Waals surface area contributed by atoms with Crippen LogP contribution in [-0.2, 0) is 25.8 Å². The van der Waals surface area contributed by atoms with E-state index in [0.29, 0.717) is 0 Å². The molecule has 2 aliphatic rings. The second-order valence-corrected chi connectivity index (χ2v) is 6.48. The standard InChI is InChI=1S/C14H19N3S/c1-2-16-8-7-10-12(9-16)17-11-5-3-4-6-13(11)18-14(17)15-10/h2-9H2,1H3. The van der Waals surface area contributed by atoms with Crippen LogP contribution in [0.15, 0.2) is 0 Å². The van der Waals surface area contributed by atoms with E-state index >= 15 is 0 Å². The first kappa shape index (κ1) is 11.0. The molecule has 18 heavy (non-hydrogen) atoms. The predicted molar refractivity (Wildman–Crippen MR) is 74.4 cm³/mol. The molecule has 0 N–H and O–H groups in total. The van der Waals surface area contributed by atoms with Gasteiger partial charge < -0.3 is 0 Å². The lowest BCUT2D eigenvalue weighted by Gasteiger charge is -2.25. The van der Waals surface area contributed by atoms with Gasteiger partial charge in [0.05, 0.1) is 11.4 Å². The van der Waals surface area contributed by atoms with Crippen molar-refractivity contribution in [2.24, 2.45) is 0 Å². The summed E-state index contributed by atoms with van der Waals surface area (Å²) in [4.78, 5) is 10.3. The number of hydrogen-bond donors (Lipinski definition) is 0. The minimum absolute atomic E-state index is 1.09. The maximum absolute atomic E-state index is 4.88. The molecule has 0 atom stereocenters. The van der Waals surface area contributed by atoms with Crippen molar-refractivity contribution in [3.63, 3.8) is 0 Å². The predicted octanol–water partition coefficient (Wildman–Crippen LogP) is 2.65. The molecule has 2 aromatic rings. The SMILES string of the molecule is CCN1CCc2nc3sc4c(n3c2C1)CCCC4. The van der Waals surface area contributed by atoms with Crippen LogP contribution in [0.3, 0.4) is 0 Å². The van der Waals surface area contributed by atoms with Gasteiger partial charge in [-0.2, -0.15) is 0 Å². The van der Waals surface area contributed by atoms with Gasteiger partial charge in [0.1, 0.15) is 0 Å². The van der Waals surface area contributed by atoms with Crippen molar-refractivity contribution < 1.29 is 0 Å². The summed E-state index contributed by atoms with van der Waals surface area (Å²) >= 11 is 1.94. The molecule has 96 valence electrons. The van der Waals surface area contributed by atoms with Crippen molar-refractivity contribution in [1.82, 2.24) is 14.3 Å². The Hall–Kier alpha value is -0.870. The Morgan fingerprint density at radius 3 is 2.94 bits per heavy atom. The van der Waals surface area contributed by atoms with E-state index in [1.807, 2.05) is 11.3 Å². The molecule has 0 spiro atoms. The number of aryl methyl sites for hydroxylation is 2. The number of hydrogen-bond acceptors (Lipinski definition) is 3. The minimum atomic E-state index is 1.09. The number of fused-ring (bicyclic) bond motifs is 5. The van der Waals surface area contributed by atoms with Crippen LogP contribution in [-0.4, -0.2) is 27.4 Å². The normalized spacial score (nSPS) is 20.1. The topological polar surface area (TPSA) is 20.5 Å². The Kier molecular flexibility index (Phi) is 2.49. The molecule has 0 aromatic carbocycles. The van der Waals surface area contributed by atoms with Crippen LogP contribution >= 0.6 is 11.3 Å². The maximum Gasteiger partial charge on any atom is 0.194 e. The second kappa shape index (κ2) is 4.07. The van der Waals surface area contributed by atoms with Crippen molar-refractivity contribution in [3.8, 4) is 0 Å². The molecule has 0 unspecified atom stereocenters. The Morgan fingerprint density at radius 2 is 2.06 bits per heavy atom. The van der Waals surface area contributed by atoms with E-state index in [9.17, 15) is 0 Å². The number of rotatable bonds is 1. The van der Waals surface area contributed by atoms with Gasteiger partial charge in [-0.15, -0.1) is 11.3 Å². The van der Waals surface area contributed by atoms with Crippen molar-refractivity contribution in [3.05, 3.63) is 22.0 Å². The average molecular weight is 261 g/mol. The van der Waals surface area contributed by atoms with Crippen LogP contribution in [0.4, 0.5) is 0 Å². The monoisotopic (exact) mass is 261 g/mol. The van der Waals surface area contributed by atoms with Gasteiger partial charge in [-0.1, -0.05) is 6.92 Å². The van der Waals surface area contributed by atoms with Crippen molar-refractivity contribution >= 4 is 16.3 Å². The average Bonchev–Trinajstić information content (AvgIpc) is 2.93. The van der Waals surface area contributed by atoms with Gasteiger partial charge in [0.2, 0.25) is 0 Å². The lowest BCUT2D eigenvalue weighted by Crippen LogP contribution is -2.31. The molecule has 4 rings (SSSR count). The largest absolute Gasteiger partial charge is 0.297 e. The summed E-state index contributed by atoms with van der Waals surface area (Å²) in [6.07, 6.45) is 6.37. The van der Waals surface area contributed by atoms with Crippen LogP contribution in [0.2, 0.25) is 0 Å². The lowest BCUT2D eigenvalue weighted by molar-refractivity contribution is 0.262. The smallest absolute Gasteiger partial charge is 0.194 e. The molecular formula is C14H19N3S. The van der Waals surface area contributed by atoms with Gasteiger partial charge in [-0.25, -0.2) is 4.98 Å². The van der Waals surface area contributed by atoms with E-state index in [1.54, 1.807) is 10.6 Å². The third-order valence-corrected chi connectivity index (χ3v) is 5.53. The third-order valence-electron chi connectivity index (χ3n) is 4.38. The van der Waals surface area contributed by atoms with Crippen LogP contribution < -0.4 is 0 Å². The summed E-state index contributed by atoms with van der Waals surface area (Å²) in [5.74, 6) is 0. The van der Waals surface area contributed by atoms with Crippen molar-refractivity contribution in [2.75, 3.05) is 13.1 Å². The summed E-state index contributed by atoms with van der Waals surface area (Å²) in [6, 6.07) is 0. The molecule has 0 radical (unpaired) electrons. The first-order chi connectivity index (χ1) is 8.86. The van der Waals surface area contributed by atoms with E-state index < -0.39 is 0 Å². The van der Waals surface area contributed by atoms with Gasteiger partial charge >= 0.3 is 0 Å². The number of thiazole rings is 1. The van der Waals surface area contributed by atoms with E-state index in [0.717, 1.165) is 19.5 Å². The van der Waals surface area contributed by atoms with Gasteiger partial charge in [-0.3, -0.25) is 9.30 Å². The summed E-state index contributed by atoms with van der Waals surface area (Å²) in [7, 11) is 0. The molecule has 2 aromatic heterocycles. The van der Waals surface area contributed by atoms with E-state index in [1.165, 1.54) is 48.6 Å². The molecule has 4 heteroatoms. The molecule has 3 heterocycles. The third kappa shape index (κ3) is 1.48. The number of likely N-dealkylation sites (N-methyl/N-ethyl adjacent to an activating group) is 1. The second-order valence-electron chi connectivity index (χ2n) is 5.42. The van der Waals surface area contributed by atoms with Crippen molar-refractivity contribution in [1.29, 1.82) is 0 Å². The molecule has 0 fully saturated rings. The van der Waals surface area contributed by atoms with Gasteiger partial charge in [0.25, 0.3) is 0 Å². The van der Waals surface area contributed by atoms with Crippen LogP contribution in [0.1, 0.15) is 41.7 Å². The minimum Gasteiger partial charge on any atom is -0.297 e. The fourth-order valence-corrected chi connectivity index (χ4v) is 4.57. The lowest BCUT2D eigenvalue weighted by atomic mass is 10.0. The highest BCUT2D eigenvalue weighted by molar-refractivity contribution is 7.17. The highest BCUT2D eigenvalue weighted by Gasteiger charge is 2.25. The maximum atomic E-state index is 4.88. The Labute approximate surface area is 111 Å². The zero-order valence-electron chi connectivity index (χ0n) is 10.9. The number of nitrogens with zero attached hydrogens (tertiary/aromatic N) is 3. The summed E-state index contributed by atoms with van der Waals surface area (Å²) < 4.78 is 2.50.